The topological polar surface area (TPSA) is 49.4 Å². The van der Waals surface area contributed by atoms with Crippen molar-refractivity contribution in [1.29, 1.82) is 0 Å². The van der Waals surface area contributed by atoms with Crippen LogP contribution in [0.25, 0.3) is 0 Å². The van der Waals surface area contributed by atoms with Crippen LogP contribution in [0.15, 0.2) is 72.8 Å². The van der Waals surface area contributed by atoms with E-state index in [1.54, 1.807) is 4.90 Å². The van der Waals surface area contributed by atoms with Crippen LogP contribution in [0.3, 0.4) is 0 Å². The Morgan fingerprint density at radius 2 is 1.73 bits per heavy atom. The van der Waals surface area contributed by atoms with E-state index in [1.807, 2.05) is 93.6 Å². The summed E-state index contributed by atoms with van der Waals surface area (Å²) in [4.78, 5) is 28.7. The molecule has 1 heterocycles. The lowest BCUT2D eigenvalue weighted by Crippen LogP contribution is -2.63. The van der Waals surface area contributed by atoms with E-state index < -0.39 is 5.54 Å². The molecule has 1 atom stereocenters. The highest BCUT2D eigenvalue weighted by molar-refractivity contribution is 6.14. The molecule has 0 saturated heterocycles. The van der Waals surface area contributed by atoms with Gasteiger partial charge in [0.25, 0.3) is 5.91 Å². The fraction of sp³-hybridized carbons (Fsp3) is 0.231. The van der Waals surface area contributed by atoms with Gasteiger partial charge in [0.05, 0.1) is 0 Å². The fourth-order valence-corrected chi connectivity index (χ4v) is 4.20. The third-order valence-corrected chi connectivity index (χ3v) is 5.93. The van der Waals surface area contributed by atoms with Crippen molar-refractivity contribution in [2.45, 2.75) is 39.3 Å². The first-order chi connectivity index (χ1) is 14.4. The number of rotatable bonds is 4. The summed E-state index contributed by atoms with van der Waals surface area (Å²) in [5, 5.41) is 3.08. The molecule has 1 aliphatic rings. The smallest absolute Gasteiger partial charge is 0.259 e. The maximum Gasteiger partial charge on any atom is 0.259 e. The Bertz CT molecular complexity index is 1120. The second kappa shape index (κ2) is 7.79. The van der Waals surface area contributed by atoms with E-state index >= 15 is 0 Å². The summed E-state index contributed by atoms with van der Waals surface area (Å²) >= 11 is 0. The fourth-order valence-electron chi connectivity index (χ4n) is 4.20. The molecule has 3 aromatic rings. The van der Waals surface area contributed by atoms with Crippen molar-refractivity contribution in [2.24, 2.45) is 0 Å². The number of hydrogen-bond donors (Lipinski definition) is 1. The van der Waals surface area contributed by atoms with Gasteiger partial charge in [-0.05, 0) is 61.2 Å². The number of carbonyl (C=O) groups excluding carboxylic acids is 2. The molecule has 0 spiro atoms. The number of hydrogen-bond acceptors (Lipinski definition) is 2. The number of fused-ring (bicyclic) bond motifs is 1. The molecule has 0 unspecified atom stereocenters. The van der Waals surface area contributed by atoms with Crippen molar-refractivity contribution in [1.82, 2.24) is 5.32 Å². The van der Waals surface area contributed by atoms with Gasteiger partial charge in [-0.15, -0.1) is 0 Å². The van der Waals surface area contributed by atoms with Crippen LogP contribution in [-0.2, 0) is 17.8 Å². The van der Waals surface area contributed by atoms with Crippen LogP contribution < -0.4 is 10.2 Å². The van der Waals surface area contributed by atoms with Crippen LogP contribution in [0.5, 0.6) is 0 Å². The average Bonchev–Trinajstić information content (AvgIpc) is 2.73. The maximum atomic E-state index is 13.5. The summed E-state index contributed by atoms with van der Waals surface area (Å²) in [6, 6.07) is 23.3. The molecule has 152 valence electrons. The molecule has 4 nitrogen and oxygen atoms in total. The van der Waals surface area contributed by atoms with Crippen LogP contribution in [-0.4, -0.2) is 17.4 Å². The Balaban J connectivity index is 1.73. The van der Waals surface area contributed by atoms with Crippen molar-refractivity contribution in [2.75, 3.05) is 4.90 Å². The van der Waals surface area contributed by atoms with Gasteiger partial charge in [0.1, 0.15) is 5.54 Å². The number of aryl methyl sites for hydroxylation is 2. The van der Waals surface area contributed by atoms with E-state index in [4.69, 9.17) is 0 Å². The van der Waals surface area contributed by atoms with Gasteiger partial charge in [0.15, 0.2) is 0 Å². The highest BCUT2D eigenvalue weighted by atomic mass is 16.2. The van der Waals surface area contributed by atoms with Gasteiger partial charge in [0, 0.05) is 24.2 Å². The Morgan fingerprint density at radius 3 is 2.50 bits per heavy atom. The largest absolute Gasteiger partial charge is 0.350 e. The molecule has 0 bridgehead atoms. The standard InChI is InChI=1S/C26H26N2O2/c1-18-9-8-13-22(15-18)28-24(29)23-14-7-6-11-20(23)16-26(28,3)25(30)27-17-21-12-5-4-10-19(21)2/h4-15H,16-17H2,1-3H3,(H,27,30)/t26-/m1/s1. The number of anilines is 1. The second-order valence-electron chi connectivity index (χ2n) is 8.20. The van der Waals surface area contributed by atoms with E-state index in [0.29, 0.717) is 18.5 Å². The third-order valence-electron chi connectivity index (χ3n) is 5.93. The van der Waals surface area contributed by atoms with E-state index in [1.165, 1.54) is 0 Å². The summed E-state index contributed by atoms with van der Waals surface area (Å²) in [5.74, 6) is -0.300. The second-order valence-corrected chi connectivity index (χ2v) is 8.20. The molecule has 4 heteroatoms. The van der Waals surface area contributed by atoms with E-state index in [2.05, 4.69) is 5.32 Å². The number of carbonyl (C=O) groups is 2. The number of nitrogens with one attached hydrogen (secondary N) is 1. The molecule has 1 aliphatic heterocycles. The van der Waals surface area contributed by atoms with Gasteiger partial charge in [-0.1, -0.05) is 54.6 Å². The van der Waals surface area contributed by atoms with Crippen LogP contribution in [0.2, 0.25) is 0 Å². The first kappa shape index (κ1) is 19.9. The van der Waals surface area contributed by atoms with Gasteiger partial charge >= 0.3 is 0 Å². The summed E-state index contributed by atoms with van der Waals surface area (Å²) in [6.07, 6.45) is 0.461. The molecule has 0 fully saturated rings. The Hall–Kier alpha value is -3.40. The van der Waals surface area contributed by atoms with E-state index in [0.717, 1.165) is 27.9 Å². The SMILES string of the molecule is Cc1cccc(N2C(=O)c3ccccc3C[C@]2(C)C(=O)NCc2ccccc2C)c1. The molecule has 30 heavy (non-hydrogen) atoms. The number of nitrogens with zero attached hydrogens (tertiary/aromatic N) is 1. The minimum atomic E-state index is -1.03. The quantitative estimate of drug-likeness (QED) is 0.699. The third kappa shape index (κ3) is 3.50. The zero-order valence-electron chi connectivity index (χ0n) is 17.6. The molecule has 2 amide bonds. The van der Waals surface area contributed by atoms with Crippen molar-refractivity contribution in [3.8, 4) is 0 Å². The van der Waals surface area contributed by atoms with Gasteiger partial charge in [-0.3, -0.25) is 14.5 Å². The lowest BCUT2D eigenvalue weighted by atomic mass is 9.82. The predicted molar refractivity (Wildman–Crippen MR) is 120 cm³/mol. The average molecular weight is 399 g/mol. The van der Waals surface area contributed by atoms with E-state index in [9.17, 15) is 9.59 Å². The molecular weight excluding hydrogens is 372 g/mol. The minimum Gasteiger partial charge on any atom is -0.350 e. The molecule has 4 rings (SSSR count). The molecule has 0 aliphatic carbocycles. The predicted octanol–water partition coefficient (Wildman–Crippen LogP) is 4.58. The summed E-state index contributed by atoms with van der Waals surface area (Å²) in [5.41, 5.74) is 4.51. The Morgan fingerprint density at radius 1 is 1.00 bits per heavy atom. The molecule has 0 saturated carbocycles. The molecule has 3 aromatic carbocycles. The maximum absolute atomic E-state index is 13.5. The molecule has 0 aromatic heterocycles. The van der Waals surface area contributed by atoms with E-state index in [-0.39, 0.29) is 11.8 Å². The van der Waals surface area contributed by atoms with Crippen LogP contribution >= 0.6 is 0 Å². The van der Waals surface area contributed by atoms with Crippen molar-refractivity contribution in [3.63, 3.8) is 0 Å². The Kier molecular flexibility index (Phi) is 5.17. The van der Waals surface area contributed by atoms with Crippen LogP contribution in [0, 0.1) is 13.8 Å². The summed E-state index contributed by atoms with van der Waals surface area (Å²) < 4.78 is 0. The van der Waals surface area contributed by atoms with Gasteiger partial charge in [-0.2, -0.15) is 0 Å². The summed E-state index contributed by atoms with van der Waals surface area (Å²) in [7, 11) is 0. The van der Waals surface area contributed by atoms with Crippen molar-refractivity contribution >= 4 is 17.5 Å². The van der Waals surface area contributed by atoms with Crippen LogP contribution in [0.1, 0.15) is 39.5 Å². The normalized spacial score (nSPS) is 18.1. The summed E-state index contributed by atoms with van der Waals surface area (Å²) in [6.45, 7) is 6.30. The monoisotopic (exact) mass is 398 g/mol. The van der Waals surface area contributed by atoms with Crippen molar-refractivity contribution < 1.29 is 9.59 Å². The lowest BCUT2D eigenvalue weighted by molar-refractivity contribution is -0.126. The first-order valence-electron chi connectivity index (χ1n) is 10.2. The van der Waals surface area contributed by atoms with Crippen LogP contribution in [0.4, 0.5) is 5.69 Å². The van der Waals surface area contributed by atoms with Gasteiger partial charge in [-0.25, -0.2) is 0 Å². The lowest BCUT2D eigenvalue weighted by Gasteiger charge is -2.44. The highest BCUT2D eigenvalue weighted by Crippen LogP contribution is 2.35. The number of benzene rings is 3. The number of amides is 2. The van der Waals surface area contributed by atoms with Gasteiger partial charge in [0.2, 0.25) is 5.91 Å². The molecule has 0 radical (unpaired) electrons. The Labute approximate surface area is 177 Å². The van der Waals surface area contributed by atoms with Crippen molar-refractivity contribution in [3.05, 3.63) is 101 Å². The minimum absolute atomic E-state index is 0.143. The van der Waals surface area contributed by atoms with Gasteiger partial charge < -0.3 is 5.32 Å². The highest BCUT2D eigenvalue weighted by Gasteiger charge is 2.47. The molecule has 1 N–H and O–H groups in total. The molecular formula is C26H26N2O2. The first-order valence-corrected chi connectivity index (χ1v) is 10.2. The zero-order chi connectivity index (χ0) is 21.3. The zero-order valence-corrected chi connectivity index (χ0v) is 17.6.